The van der Waals surface area contributed by atoms with Crippen LogP contribution < -0.4 is 10.6 Å². The first-order valence-corrected chi connectivity index (χ1v) is 7.11. The average molecular weight is 310 g/mol. The number of anilines is 1. The monoisotopic (exact) mass is 310 g/mol. The van der Waals surface area contributed by atoms with Gasteiger partial charge in [0.2, 0.25) is 0 Å². The second-order valence-electron chi connectivity index (χ2n) is 5.09. The first-order chi connectivity index (χ1) is 11.1. The average Bonchev–Trinajstić information content (AvgIpc) is 3.07. The first-order valence-electron chi connectivity index (χ1n) is 7.11. The Morgan fingerprint density at radius 2 is 2.26 bits per heavy atom. The van der Waals surface area contributed by atoms with Crippen LogP contribution in [0.1, 0.15) is 22.5 Å². The Morgan fingerprint density at radius 3 is 2.96 bits per heavy atom. The van der Waals surface area contributed by atoms with E-state index in [2.05, 4.69) is 32.4 Å². The van der Waals surface area contributed by atoms with Gasteiger partial charge in [0.25, 0.3) is 5.91 Å². The van der Waals surface area contributed by atoms with Crippen LogP contribution in [0.4, 0.5) is 10.1 Å². The van der Waals surface area contributed by atoms with Gasteiger partial charge in [-0.25, -0.2) is 9.37 Å². The van der Waals surface area contributed by atoms with Crippen molar-refractivity contribution in [2.24, 2.45) is 0 Å². The number of aryl methyl sites for hydroxylation is 1. The maximum absolute atomic E-state index is 14.2. The van der Waals surface area contributed by atoms with Crippen LogP contribution in [0.2, 0.25) is 0 Å². The molecule has 0 unspecified atom stereocenters. The standard InChI is InChI=1S/C17H15FN4O/c1-10-15(21-9-20-10)8-12-16-11(4-3-7-19-2)13(18)5-6-14(16)22-17(12)23/h5-6,8-9,19H,7H2,1-2H3,(H,20,21)(H,22,23). The summed E-state index contributed by atoms with van der Waals surface area (Å²) in [6.07, 6.45) is 3.22. The summed E-state index contributed by atoms with van der Waals surface area (Å²) in [7, 11) is 1.76. The molecule has 0 radical (unpaired) electrons. The second-order valence-corrected chi connectivity index (χ2v) is 5.09. The fraction of sp³-hybridized carbons (Fsp3) is 0.176. The van der Waals surface area contributed by atoms with Gasteiger partial charge < -0.3 is 15.6 Å². The molecule has 3 N–H and O–H groups in total. The Morgan fingerprint density at radius 1 is 1.43 bits per heavy atom. The number of aromatic nitrogens is 2. The van der Waals surface area contributed by atoms with Crippen LogP contribution in [-0.2, 0) is 4.79 Å². The molecule has 3 rings (SSSR count). The molecule has 23 heavy (non-hydrogen) atoms. The molecule has 0 atom stereocenters. The SMILES string of the molecule is CNCC#Cc1c(F)ccc2c1C(=Cc1[nH]cnc1C)C(=O)N2. The third kappa shape index (κ3) is 2.74. The molecule has 0 saturated carbocycles. The van der Waals surface area contributed by atoms with Crippen LogP contribution >= 0.6 is 0 Å². The summed E-state index contributed by atoms with van der Waals surface area (Å²) in [4.78, 5) is 19.3. The summed E-state index contributed by atoms with van der Waals surface area (Å²) in [6, 6.07) is 2.86. The van der Waals surface area contributed by atoms with Crippen molar-refractivity contribution < 1.29 is 9.18 Å². The lowest BCUT2D eigenvalue weighted by molar-refractivity contribution is -0.110. The number of H-pyrrole nitrogens is 1. The number of rotatable bonds is 2. The van der Waals surface area contributed by atoms with Crippen molar-refractivity contribution >= 4 is 23.2 Å². The lowest BCUT2D eigenvalue weighted by Gasteiger charge is -2.04. The number of carbonyl (C=O) groups excluding carboxylic acids is 1. The minimum atomic E-state index is -0.448. The van der Waals surface area contributed by atoms with Gasteiger partial charge in [-0.15, -0.1) is 0 Å². The van der Waals surface area contributed by atoms with Gasteiger partial charge in [0.1, 0.15) is 5.82 Å². The maximum Gasteiger partial charge on any atom is 0.256 e. The van der Waals surface area contributed by atoms with Gasteiger partial charge in [0, 0.05) is 5.56 Å². The normalized spacial score (nSPS) is 14.4. The molecule has 5 nitrogen and oxygen atoms in total. The summed E-state index contributed by atoms with van der Waals surface area (Å²) in [5.41, 5.74) is 3.13. The molecule has 1 aromatic carbocycles. The molecule has 2 aromatic rings. The number of carbonyl (C=O) groups is 1. The number of fused-ring (bicyclic) bond motifs is 1. The van der Waals surface area contributed by atoms with E-state index in [-0.39, 0.29) is 11.5 Å². The minimum Gasteiger partial charge on any atom is -0.345 e. The smallest absolute Gasteiger partial charge is 0.256 e. The van der Waals surface area contributed by atoms with Gasteiger partial charge in [-0.05, 0) is 32.2 Å². The predicted octanol–water partition coefficient (Wildman–Crippen LogP) is 1.92. The van der Waals surface area contributed by atoms with E-state index in [0.29, 0.717) is 29.1 Å². The number of hydrogen-bond donors (Lipinski definition) is 3. The number of hydrogen-bond acceptors (Lipinski definition) is 3. The third-order valence-electron chi connectivity index (χ3n) is 3.55. The van der Waals surface area contributed by atoms with Crippen LogP contribution in [0.25, 0.3) is 11.6 Å². The van der Waals surface area contributed by atoms with Crippen molar-refractivity contribution in [2.45, 2.75) is 6.92 Å². The van der Waals surface area contributed by atoms with Crippen LogP contribution in [0.15, 0.2) is 18.5 Å². The Labute approximate surface area is 133 Å². The molecule has 116 valence electrons. The number of halogens is 1. The Hall–Kier alpha value is -2.91. The molecule has 0 saturated heterocycles. The number of aromatic amines is 1. The number of nitrogens with zero attached hydrogens (tertiary/aromatic N) is 1. The summed E-state index contributed by atoms with van der Waals surface area (Å²) in [5, 5.41) is 5.63. The summed E-state index contributed by atoms with van der Waals surface area (Å²) >= 11 is 0. The van der Waals surface area contributed by atoms with E-state index in [1.54, 1.807) is 25.5 Å². The number of imidazole rings is 1. The van der Waals surface area contributed by atoms with Gasteiger partial charge >= 0.3 is 0 Å². The van der Waals surface area contributed by atoms with E-state index >= 15 is 0 Å². The van der Waals surface area contributed by atoms with Crippen molar-refractivity contribution in [3.8, 4) is 11.8 Å². The number of nitrogens with one attached hydrogen (secondary N) is 3. The van der Waals surface area contributed by atoms with E-state index in [1.807, 2.05) is 6.92 Å². The number of benzene rings is 1. The van der Waals surface area contributed by atoms with E-state index in [9.17, 15) is 9.18 Å². The Kier molecular flexibility index (Phi) is 3.96. The van der Waals surface area contributed by atoms with Crippen molar-refractivity contribution in [3.63, 3.8) is 0 Å². The highest BCUT2D eigenvalue weighted by Gasteiger charge is 2.28. The van der Waals surface area contributed by atoms with Gasteiger partial charge in [0.15, 0.2) is 0 Å². The molecule has 1 amide bonds. The molecule has 0 spiro atoms. The molecule has 1 aliphatic rings. The van der Waals surface area contributed by atoms with Crippen LogP contribution in [0.5, 0.6) is 0 Å². The number of amides is 1. The van der Waals surface area contributed by atoms with Crippen LogP contribution in [-0.4, -0.2) is 29.5 Å². The van der Waals surface area contributed by atoms with Crippen molar-refractivity contribution in [1.82, 2.24) is 15.3 Å². The van der Waals surface area contributed by atoms with Gasteiger partial charge in [-0.1, -0.05) is 11.8 Å². The zero-order valence-corrected chi connectivity index (χ0v) is 12.7. The Bertz CT molecular complexity index is 870. The third-order valence-corrected chi connectivity index (χ3v) is 3.55. The quantitative estimate of drug-likeness (QED) is 0.586. The lowest BCUT2D eigenvalue weighted by Crippen LogP contribution is -2.05. The largest absolute Gasteiger partial charge is 0.345 e. The maximum atomic E-state index is 14.2. The van der Waals surface area contributed by atoms with Gasteiger partial charge in [-0.3, -0.25) is 4.79 Å². The van der Waals surface area contributed by atoms with E-state index in [4.69, 9.17) is 0 Å². The van der Waals surface area contributed by atoms with Crippen LogP contribution in [0.3, 0.4) is 0 Å². The fourth-order valence-corrected chi connectivity index (χ4v) is 2.41. The highest BCUT2D eigenvalue weighted by molar-refractivity contribution is 6.35. The second kappa shape index (κ2) is 6.07. The first kappa shape index (κ1) is 15.0. The van der Waals surface area contributed by atoms with Crippen molar-refractivity contribution in [2.75, 3.05) is 18.9 Å². The predicted molar refractivity (Wildman–Crippen MR) is 87.0 cm³/mol. The minimum absolute atomic E-state index is 0.222. The summed E-state index contributed by atoms with van der Waals surface area (Å²) in [6.45, 7) is 2.26. The van der Waals surface area contributed by atoms with E-state index in [1.165, 1.54) is 6.07 Å². The highest BCUT2D eigenvalue weighted by Crippen LogP contribution is 2.36. The topological polar surface area (TPSA) is 69.8 Å². The molecule has 6 heteroatoms. The van der Waals surface area contributed by atoms with Crippen LogP contribution in [0, 0.1) is 24.6 Å². The van der Waals surface area contributed by atoms with E-state index in [0.717, 1.165) is 5.69 Å². The summed E-state index contributed by atoms with van der Waals surface area (Å²) in [5.74, 6) is 4.92. The molecular formula is C17H15FN4O. The highest BCUT2D eigenvalue weighted by atomic mass is 19.1. The lowest BCUT2D eigenvalue weighted by atomic mass is 9.99. The molecular weight excluding hydrogens is 295 g/mol. The Balaban J connectivity index is 2.17. The summed E-state index contributed by atoms with van der Waals surface area (Å²) < 4.78 is 14.2. The van der Waals surface area contributed by atoms with Crippen molar-refractivity contribution in [1.29, 1.82) is 0 Å². The van der Waals surface area contributed by atoms with Gasteiger partial charge in [-0.2, -0.15) is 0 Å². The zero-order chi connectivity index (χ0) is 16.4. The molecule has 0 fully saturated rings. The van der Waals surface area contributed by atoms with Crippen molar-refractivity contribution in [3.05, 3.63) is 46.8 Å². The van der Waals surface area contributed by atoms with E-state index < -0.39 is 5.82 Å². The molecule has 1 aromatic heterocycles. The molecule has 0 aliphatic carbocycles. The molecule has 1 aliphatic heterocycles. The molecule has 0 bridgehead atoms. The zero-order valence-electron chi connectivity index (χ0n) is 12.7. The van der Waals surface area contributed by atoms with Gasteiger partial charge in [0.05, 0.1) is 41.1 Å². The fourth-order valence-electron chi connectivity index (χ4n) is 2.41. The molecule has 2 heterocycles.